The van der Waals surface area contributed by atoms with Crippen LogP contribution >= 0.6 is 0 Å². The third kappa shape index (κ3) is 5.67. The van der Waals surface area contributed by atoms with E-state index in [0.717, 1.165) is 44.9 Å². The highest BCUT2D eigenvalue weighted by molar-refractivity contribution is 5.92. The van der Waals surface area contributed by atoms with Gasteiger partial charge in [0, 0.05) is 28.5 Å². The van der Waals surface area contributed by atoms with Gasteiger partial charge in [0.2, 0.25) is 0 Å². The number of nitro benzene ring substituents is 1. The Bertz CT molecular complexity index is 1350. The first kappa shape index (κ1) is 33.4. The fourth-order valence-electron chi connectivity index (χ4n) is 9.23. The first-order valence-electron chi connectivity index (χ1n) is 16.9. The van der Waals surface area contributed by atoms with Crippen molar-refractivity contribution in [3.63, 3.8) is 0 Å². The molecule has 0 aliphatic heterocycles. The van der Waals surface area contributed by atoms with Gasteiger partial charge in [0.05, 0.1) is 23.3 Å². The summed E-state index contributed by atoms with van der Waals surface area (Å²) in [6, 6.07) is 4.07. The predicted octanol–water partition coefficient (Wildman–Crippen LogP) is 8.28. The summed E-state index contributed by atoms with van der Waals surface area (Å²) in [6.07, 6.45) is 6.32. The molecule has 0 spiro atoms. The number of ether oxygens (including phenoxy) is 3. The van der Waals surface area contributed by atoms with E-state index in [2.05, 4.69) is 41.5 Å². The van der Waals surface area contributed by atoms with Crippen LogP contribution in [-0.4, -0.2) is 35.0 Å². The molecule has 4 saturated carbocycles. The number of nitro groups is 1. The molecule has 0 radical (unpaired) electrons. The van der Waals surface area contributed by atoms with Gasteiger partial charge in [0.1, 0.15) is 18.3 Å². The third-order valence-electron chi connectivity index (χ3n) is 13.4. The van der Waals surface area contributed by atoms with Gasteiger partial charge in [-0.1, -0.05) is 54.9 Å². The summed E-state index contributed by atoms with van der Waals surface area (Å²) < 4.78 is 17.9. The van der Waals surface area contributed by atoms with Gasteiger partial charge in [0.15, 0.2) is 0 Å². The maximum atomic E-state index is 13.7. The minimum absolute atomic E-state index is 0.0229. The van der Waals surface area contributed by atoms with E-state index in [0.29, 0.717) is 30.2 Å². The number of non-ortho nitro benzene ring substituents is 1. The number of hydrogen-bond donors (Lipinski definition) is 0. The summed E-state index contributed by atoms with van der Waals surface area (Å²) in [5.74, 6) is -0.633. The zero-order chi connectivity index (χ0) is 32.9. The molecule has 9 nitrogen and oxygen atoms in total. The Morgan fingerprint density at radius 3 is 1.93 bits per heavy atom. The number of benzene rings is 1. The molecule has 0 saturated heterocycles. The van der Waals surface area contributed by atoms with Crippen molar-refractivity contribution in [2.75, 3.05) is 0 Å². The number of esters is 3. The smallest absolute Gasteiger partial charge is 0.339 e. The van der Waals surface area contributed by atoms with Crippen LogP contribution in [0.15, 0.2) is 18.2 Å². The molecule has 4 fully saturated rings. The minimum Gasteiger partial charge on any atom is -0.462 e. The average molecular weight is 626 g/mol. The Balaban J connectivity index is 1.28. The molecular weight excluding hydrogens is 574 g/mol. The van der Waals surface area contributed by atoms with E-state index in [-0.39, 0.29) is 58.0 Å². The molecule has 1 unspecified atom stereocenters. The monoisotopic (exact) mass is 625 g/mol. The molecule has 9 heteroatoms. The Kier molecular flexibility index (Phi) is 8.90. The lowest BCUT2D eigenvalue weighted by Gasteiger charge is -2.38. The molecule has 7 atom stereocenters. The minimum atomic E-state index is -0.811. The summed E-state index contributed by atoms with van der Waals surface area (Å²) in [5.41, 5.74) is 0.0974. The Morgan fingerprint density at radius 1 is 0.889 bits per heavy atom. The number of nitrogens with zero attached hydrogens (tertiary/aromatic N) is 1. The van der Waals surface area contributed by atoms with Crippen LogP contribution in [-0.2, 0) is 23.8 Å². The molecule has 0 amide bonds. The zero-order valence-corrected chi connectivity index (χ0v) is 28.1. The van der Waals surface area contributed by atoms with Crippen LogP contribution in [0.3, 0.4) is 0 Å². The van der Waals surface area contributed by atoms with Crippen LogP contribution in [0.4, 0.5) is 5.69 Å². The van der Waals surface area contributed by atoms with Crippen molar-refractivity contribution >= 4 is 23.6 Å². The summed E-state index contributed by atoms with van der Waals surface area (Å²) in [6.45, 7) is 15.4. The van der Waals surface area contributed by atoms with Crippen LogP contribution in [0.2, 0.25) is 0 Å². The molecule has 5 rings (SSSR count). The molecule has 1 aromatic rings. The van der Waals surface area contributed by atoms with E-state index in [1.165, 1.54) is 18.2 Å². The zero-order valence-electron chi connectivity index (χ0n) is 28.1. The first-order chi connectivity index (χ1) is 21.0. The van der Waals surface area contributed by atoms with E-state index in [1.54, 1.807) is 0 Å². The van der Waals surface area contributed by atoms with Crippen LogP contribution in [0.25, 0.3) is 0 Å². The lowest BCUT2D eigenvalue weighted by atomic mass is 9.70. The molecular formula is C36H51NO8. The Morgan fingerprint density at radius 2 is 1.44 bits per heavy atom. The summed E-state index contributed by atoms with van der Waals surface area (Å²) in [7, 11) is 0. The maximum Gasteiger partial charge on any atom is 0.339 e. The highest BCUT2D eigenvalue weighted by Gasteiger charge is 2.64. The summed E-state index contributed by atoms with van der Waals surface area (Å²) in [5, 5.41) is 11.7. The van der Waals surface area contributed by atoms with Crippen LogP contribution < -0.4 is 0 Å². The molecule has 4 aliphatic carbocycles. The molecule has 0 N–H and O–H groups in total. The van der Waals surface area contributed by atoms with Crippen LogP contribution in [0.1, 0.15) is 141 Å². The van der Waals surface area contributed by atoms with Crippen molar-refractivity contribution in [1.29, 1.82) is 0 Å². The van der Waals surface area contributed by atoms with Crippen molar-refractivity contribution in [2.45, 2.75) is 137 Å². The lowest BCUT2D eigenvalue weighted by Crippen LogP contribution is -2.38. The van der Waals surface area contributed by atoms with Gasteiger partial charge in [-0.05, 0) is 80.1 Å². The van der Waals surface area contributed by atoms with Crippen molar-refractivity contribution in [1.82, 2.24) is 0 Å². The second-order valence-electron chi connectivity index (χ2n) is 15.7. The van der Waals surface area contributed by atoms with E-state index in [9.17, 15) is 24.5 Å². The van der Waals surface area contributed by atoms with Crippen molar-refractivity contribution in [3.8, 4) is 0 Å². The second kappa shape index (κ2) is 12.0. The number of carbonyl (C=O) groups excluding carboxylic acids is 3. The van der Waals surface area contributed by atoms with Gasteiger partial charge in [-0.25, -0.2) is 4.79 Å². The number of unbranched alkanes of at least 4 members (excludes halogenated alkanes) is 1. The lowest BCUT2D eigenvalue weighted by molar-refractivity contribution is -0.384. The average Bonchev–Trinajstić information content (AvgIpc) is 3.50. The van der Waals surface area contributed by atoms with Crippen molar-refractivity contribution < 1.29 is 33.5 Å². The number of carbonyl (C=O) groups is 3. The molecule has 0 aromatic heterocycles. The van der Waals surface area contributed by atoms with Gasteiger partial charge < -0.3 is 14.2 Å². The number of fused-ring (bicyclic) bond motifs is 4. The fourth-order valence-corrected chi connectivity index (χ4v) is 9.23. The van der Waals surface area contributed by atoms with Crippen LogP contribution in [0, 0.1) is 43.6 Å². The summed E-state index contributed by atoms with van der Waals surface area (Å²) >= 11 is 0. The fraction of sp³-hybridized carbons (Fsp3) is 0.750. The number of hydrogen-bond acceptors (Lipinski definition) is 8. The molecule has 1 aromatic carbocycles. The van der Waals surface area contributed by atoms with E-state index in [1.807, 2.05) is 6.92 Å². The SMILES string of the molecule is CCCCC(OC(=O)CCC(=O)O[C@@H]1C[C@@H]2CC[C@@]1(C)C2(C)C)c1ccc([N+](=O)[O-])cc1C(=O)O[C@@H]1C[C@@H]2CC[C@@]1(C)C2(C)C. The second-order valence-corrected chi connectivity index (χ2v) is 15.7. The van der Waals surface area contributed by atoms with Gasteiger partial charge in [-0.3, -0.25) is 19.7 Å². The third-order valence-corrected chi connectivity index (χ3v) is 13.4. The number of rotatable bonds is 12. The first-order valence-corrected chi connectivity index (χ1v) is 16.9. The topological polar surface area (TPSA) is 122 Å². The van der Waals surface area contributed by atoms with Gasteiger partial charge >= 0.3 is 17.9 Å². The Labute approximate surface area is 267 Å². The molecule has 248 valence electrons. The van der Waals surface area contributed by atoms with E-state index < -0.39 is 28.9 Å². The van der Waals surface area contributed by atoms with Gasteiger partial charge in [0.25, 0.3) is 5.69 Å². The van der Waals surface area contributed by atoms with Gasteiger partial charge in [-0.2, -0.15) is 0 Å². The molecule has 0 heterocycles. The largest absolute Gasteiger partial charge is 0.462 e. The van der Waals surface area contributed by atoms with Gasteiger partial charge in [-0.15, -0.1) is 0 Å². The highest BCUT2D eigenvalue weighted by atomic mass is 16.6. The highest BCUT2D eigenvalue weighted by Crippen LogP contribution is 2.67. The quantitative estimate of drug-likeness (QED) is 0.0984. The Hall–Kier alpha value is -2.97. The molecule has 45 heavy (non-hydrogen) atoms. The summed E-state index contributed by atoms with van der Waals surface area (Å²) in [4.78, 5) is 50.8. The maximum absolute atomic E-state index is 13.7. The van der Waals surface area contributed by atoms with E-state index >= 15 is 0 Å². The standard InChI is InChI=1S/C36H51NO8/c1-8-9-10-27(43-30(38)13-14-31(39)44-28-19-22-15-17-35(28,6)33(22,2)3)25-12-11-24(37(41)42)21-26(25)32(40)45-29-20-23-16-18-36(29,7)34(23,4)5/h11-12,21-23,27-29H,8-10,13-20H2,1-7H3/t22-,23-,27?,28+,29+,35+,36+/m0/s1. The van der Waals surface area contributed by atoms with Crippen molar-refractivity contribution in [3.05, 3.63) is 39.4 Å². The molecule has 4 bridgehead atoms. The molecule has 4 aliphatic rings. The van der Waals surface area contributed by atoms with Crippen LogP contribution in [0.5, 0.6) is 0 Å². The normalized spacial score (nSPS) is 32.7. The van der Waals surface area contributed by atoms with E-state index in [4.69, 9.17) is 14.2 Å². The van der Waals surface area contributed by atoms with Crippen molar-refractivity contribution in [2.24, 2.45) is 33.5 Å². The predicted molar refractivity (Wildman–Crippen MR) is 168 cm³/mol.